The molecule has 1 saturated heterocycles. The molecular weight excluding hydrogens is 430 g/mol. The second-order valence-corrected chi connectivity index (χ2v) is 7.96. The van der Waals surface area contributed by atoms with Crippen LogP contribution in [0, 0.1) is 11.3 Å². The molecule has 1 aromatic carbocycles. The van der Waals surface area contributed by atoms with E-state index in [9.17, 15) is 10.1 Å². The van der Waals surface area contributed by atoms with Crippen molar-refractivity contribution in [2.45, 2.75) is 6.42 Å². The predicted octanol–water partition coefficient (Wildman–Crippen LogP) is 2.70. The number of aromatic amines is 1. The van der Waals surface area contributed by atoms with Gasteiger partial charge in [0.1, 0.15) is 5.65 Å². The molecule has 2 N–H and O–H groups in total. The Morgan fingerprint density at radius 2 is 1.94 bits per heavy atom. The van der Waals surface area contributed by atoms with Crippen LogP contribution < -0.4 is 10.2 Å². The van der Waals surface area contributed by atoms with E-state index < -0.39 is 0 Å². The Hall–Kier alpha value is -4.29. The van der Waals surface area contributed by atoms with Gasteiger partial charge in [0.15, 0.2) is 0 Å². The van der Waals surface area contributed by atoms with E-state index in [0.29, 0.717) is 31.7 Å². The number of fused-ring (bicyclic) bond motifs is 1. The van der Waals surface area contributed by atoms with Crippen LogP contribution in [0.2, 0.25) is 0 Å². The van der Waals surface area contributed by atoms with E-state index in [1.165, 1.54) is 0 Å². The first kappa shape index (κ1) is 21.6. The van der Waals surface area contributed by atoms with Gasteiger partial charge in [-0.2, -0.15) is 5.26 Å². The van der Waals surface area contributed by atoms with Crippen LogP contribution in [0.4, 0.5) is 5.69 Å². The summed E-state index contributed by atoms with van der Waals surface area (Å²) in [6.07, 6.45) is 7.61. The average Bonchev–Trinajstić information content (AvgIpc) is 3.33. The number of carbonyl (C=O) groups excluding carboxylic acids is 1. The van der Waals surface area contributed by atoms with Gasteiger partial charge in [-0.05, 0) is 24.1 Å². The molecule has 1 fully saturated rings. The molecule has 0 bridgehead atoms. The molecule has 4 aromatic rings. The summed E-state index contributed by atoms with van der Waals surface area (Å²) in [4.78, 5) is 31.0. The second-order valence-electron chi connectivity index (χ2n) is 7.96. The lowest BCUT2D eigenvalue weighted by Gasteiger charge is -2.28. The molecular formula is C25H23N7O2. The highest BCUT2D eigenvalue weighted by Crippen LogP contribution is 2.30. The van der Waals surface area contributed by atoms with Gasteiger partial charge in [0.05, 0.1) is 36.7 Å². The normalized spacial score (nSPS) is 13.6. The number of H-pyrrole nitrogens is 1. The van der Waals surface area contributed by atoms with Gasteiger partial charge in [0.25, 0.3) is 5.91 Å². The number of morpholine rings is 1. The monoisotopic (exact) mass is 453 g/mol. The molecule has 0 saturated carbocycles. The summed E-state index contributed by atoms with van der Waals surface area (Å²) >= 11 is 0. The van der Waals surface area contributed by atoms with Crippen LogP contribution >= 0.6 is 0 Å². The Bertz CT molecular complexity index is 1350. The number of hydrogen-bond donors (Lipinski definition) is 2. The number of nitriles is 1. The van der Waals surface area contributed by atoms with E-state index in [0.717, 1.165) is 46.5 Å². The molecule has 1 aliphatic rings. The second kappa shape index (κ2) is 9.68. The lowest BCUT2D eigenvalue weighted by atomic mass is 10.1. The van der Waals surface area contributed by atoms with Crippen molar-refractivity contribution in [2.75, 3.05) is 37.7 Å². The molecule has 4 heterocycles. The van der Waals surface area contributed by atoms with Crippen molar-refractivity contribution in [3.63, 3.8) is 0 Å². The minimum absolute atomic E-state index is 0.101. The number of benzene rings is 1. The third kappa shape index (κ3) is 4.44. The highest BCUT2D eigenvalue weighted by molar-refractivity contribution is 5.95. The van der Waals surface area contributed by atoms with Crippen LogP contribution in [-0.4, -0.2) is 58.7 Å². The van der Waals surface area contributed by atoms with Crippen molar-refractivity contribution in [3.05, 3.63) is 72.1 Å². The van der Waals surface area contributed by atoms with Crippen molar-refractivity contribution in [3.8, 4) is 17.2 Å². The lowest BCUT2D eigenvalue weighted by molar-refractivity contribution is 0.0943. The van der Waals surface area contributed by atoms with E-state index in [-0.39, 0.29) is 11.7 Å². The standard InChI is InChI=1S/C25H23N7O2/c26-12-18-4-2-1-3-17(18)5-6-27-25(33)24-28-13-19(14-29-24)22-16-31-23-21(22)11-20(15-30-23)32-7-9-34-10-8-32/h1-4,11,13-16H,5-10H2,(H,27,33)(H,30,31). The molecule has 3 aromatic heterocycles. The summed E-state index contributed by atoms with van der Waals surface area (Å²) in [6, 6.07) is 11.6. The summed E-state index contributed by atoms with van der Waals surface area (Å²) in [6.45, 7) is 3.48. The first-order chi connectivity index (χ1) is 16.7. The van der Waals surface area contributed by atoms with Crippen molar-refractivity contribution >= 4 is 22.6 Å². The minimum atomic E-state index is -0.351. The van der Waals surface area contributed by atoms with Crippen molar-refractivity contribution < 1.29 is 9.53 Å². The van der Waals surface area contributed by atoms with Crippen molar-refractivity contribution in [1.29, 1.82) is 5.26 Å². The van der Waals surface area contributed by atoms with Crippen LogP contribution in [0.3, 0.4) is 0 Å². The number of pyridine rings is 1. The molecule has 0 atom stereocenters. The van der Waals surface area contributed by atoms with Gasteiger partial charge in [0, 0.05) is 54.7 Å². The third-order valence-corrected chi connectivity index (χ3v) is 5.88. The maximum Gasteiger partial charge on any atom is 0.289 e. The first-order valence-corrected chi connectivity index (χ1v) is 11.1. The van der Waals surface area contributed by atoms with Crippen LogP contribution in [-0.2, 0) is 11.2 Å². The smallest absolute Gasteiger partial charge is 0.289 e. The number of nitrogens with zero attached hydrogens (tertiary/aromatic N) is 5. The number of anilines is 1. The summed E-state index contributed by atoms with van der Waals surface area (Å²) in [5.74, 6) is -0.250. The Balaban J connectivity index is 1.28. The van der Waals surface area contributed by atoms with E-state index in [4.69, 9.17) is 4.74 Å². The maximum absolute atomic E-state index is 12.5. The number of amides is 1. The molecule has 170 valence electrons. The van der Waals surface area contributed by atoms with Crippen LogP contribution in [0.1, 0.15) is 21.7 Å². The zero-order valence-corrected chi connectivity index (χ0v) is 18.5. The van der Waals surface area contributed by atoms with Crippen molar-refractivity contribution in [2.24, 2.45) is 0 Å². The highest BCUT2D eigenvalue weighted by Gasteiger charge is 2.16. The predicted molar refractivity (Wildman–Crippen MR) is 127 cm³/mol. The zero-order valence-electron chi connectivity index (χ0n) is 18.5. The van der Waals surface area contributed by atoms with E-state index in [2.05, 4.69) is 42.3 Å². The Labute approximate surface area is 196 Å². The highest BCUT2D eigenvalue weighted by atomic mass is 16.5. The van der Waals surface area contributed by atoms with Gasteiger partial charge in [-0.3, -0.25) is 4.79 Å². The third-order valence-electron chi connectivity index (χ3n) is 5.88. The molecule has 0 aliphatic carbocycles. The first-order valence-electron chi connectivity index (χ1n) is 11.1. The quantitative estimate of drug-likeness (QED) is 0.461. The van der Waals surface area contributed by atoms with Crippen LogP contribution in [0.15, 0.2) is 55.1 Å². The number of nitrogens with one attached hydrogen (secondary N) is 2. The Kier molecular flexibility index (Phi) is 6.14. The number of carbonyl (C=O) groups is 1. The van der Waals surface area contributed by atoms with E-state index in [1.54, 1.807) is 18.5 Å². The Morgan fingerprint density at radius 1 is 1.15 bits per heavy atom. The minimum Gasteiger partial charge on any atom is -0.378 e. The molecule has 34 heavy (non-hydrogen) atoms. The molecule has 1 aliphatic heterocycles. The maximum atomic E-state index is 12.5. The van der Waals surface area contributed by atoms with E-state index >= 15 is 0 Å². The number of rotatable bonds is 6. The molecule has 1 amide bonds. The largest absolute Gasteiger partial charge is 0.378 e. The molecule has 0 spiro atoms. The number of ether oxygens (including phenoxy) is 1. The van der Waals surface area contributed by atoms with Gasteiger partial charge >= 0.3 is 0 Å². The van der Waals surface area contributed by atoms with Crippen LogP contribution in [0.5, 0.6) is 0 Å². The average molecular weight is 454 g/mol. The van der Waals surface area contributed by atoms with Gasteiger partial charge in [0.2, 0.25) is 5.82 Å². The fraction of sp³-hybridized carbons (Fsp3) is 0.240. The fourth-order valence-corrected chi connectivity index (χ4v) is 4.05. The molecule has 5 rings (SSSR count). The Morgan fingerprint density at radius 3 is 2.74 bits per heavy atom. The van der Waals surface area contributed by atoms with Gasteiger partial charge < -0.3 is 19.9 Å². The SMILES string of the molecule is N#Cc1ccccc1CCNC(=O)c1ncc(-c2c[nH]c3ncc(N4CCOCC4)cc23)cn1. The lowest BCUT2D eigenvalue weighted by Crippen LogP contribution is -2.36. The summed E-state index contributed by atoms with van der Waals surface area (Å²) in [5, 5.41) is 13.0. The molecule has 0 radical (unpaired) electrons. The van der Waals surface area contributed by atoms with E-state index in [1.807, 2.05) is 30.6 Å². The van der Waals surface area contributed by atoms with Gasteiger partial charge in [-0.25, -0.2) is 15.0 Å². The molecule has 9 heteroatoms. The topological polar surface area (TPSA) is 120 Å². The summed E-state index contributed by atoms with van der Waals surface area (Å²) in [5.41, 5.74) is 5.07. The number of aromatic nitrogens is 4. The van der Waals surface area contributed by atoms with Crippen molar-refractivity contribution in [1.82, 2.24) is 25.3 Å². The summed E-state index contributed by atoms with van der Waals surface area (Å²) in [7, 11) is 0. The van der Waals surface area contributed by atoms with Gasteiger partial charge in [-0.15, -0.1) is 0 Å². The fourth-order valence-electron chi connectivity index (χ4n) is 4.05. The summed E-state index contributed by atoms with van der Waals surface area (Å²) < 4.78 is 5.44. The molecule has 9 nitrogen and oxygen atoms in total. The molecule has 0 unspecified atom stereocenters. The van der Waals surface area contributed by atoms with Crippen LogP contribution in [0.25, 0.3) is 22.2 Å². The number of hydrogen-bond acceptors (Lipinski definition) is 7. The zero-order chi connectivity index (χ0) is 23.3. The van der Waals surface area contributed by atoms with Gasteiger partial charge in [-0.1, -0.05) is 18.2 Å².